The molecule has 1 N–H and O–H groups in total. The van der Waals surface area contributed by atoms with E-state index in [1.165, 1.54) is 57.8 Å². The SMILES string of the molecule is C1CCC1.CCCCCCCCCC(=O)O.P. The summed E-state index contributed by atoms with van der Waals surface area (Å²) in [6.07, 6.45) is 14.6. The van der Waals surface area contributed by atoms with E-state index in [-0.39, 0.29) is 9.90 Å². The van der Waals surface area contributed by atoms with Crippen LogP contribution in [0.25, 0.3) is 0 Å². The maximum atomic E-state index is 10.1. The maximum absolute atomic E-state index is 10.1. The summed E-state index contributed by atoms with van der Waals surface area (Å²) in [6.45, 7) is 2.20. The second-order valence-corrected chi connectivity index (χ2v) is 4.68. The monoisotopic (exact) mass is 262 g/mol. The van der Waals surface area contributed by atoms with E-state index in [0.717, 1.165) is 12.8 Å². The highest BCUT2D eigenvalue weighted by molar-refractivity contribution is 6.92. The van der Waals surface area contributed by atoms with Gasteiger partial charge in [0.25, 0.3) is 0 Å². The van der Waals surface area contributed by atoms with Gasteiger partial charge >= 0.3 is 5.97 Å². The second-order valence-electron chi connectivity index (χ2n) is 4.68. The number of aliphatic carboxylic acids is 1. The molecule has 17 heavy (non-hydrogen) atoms. The van der Waals surface area contributed by atoms with Crippen LogP contribution in [0.3, 0.4) is 0 Å². The summed E-state index contributed by atoms with van der Waals surface area (Å²) in [5, 5.41) is 8.35. The summed E-state index contributed by atoms with van der Waals surface area (Å²) < 4.78 is 0. The summed E-state index contributed by atoms with van der Waals surface area (Å²) in [7, 11) is 0. The van der Waals surface area contributed by atoms with Crippen LogP contribution >= 0.6 is 9.90 Å². The van der Waals surface area contributed by atoms with Crippen LogP contribution in [0.15, 0.2) is 0 Å². The normalized spacial score (nSPS) is 12.8. The summed E-state index contributed by atoms with van der Waals surface area (Å²) >= 11 is 0. The third-order valence-electron chi connectivity index (χ3n) is 2.99. The lowest BCUT2D eigenvalue weighted by Crippen LogP contribution is -1.93. The molecule has 0 aromatic rings. The summed E-state index contributed by atoms with van der Waals surface area (Å²) in [5.74, 6) is -0.663. The van der Waals surface area contributed by atoms with Gasteiger partial charge in [0, 0.05) is 6.42 Å². The van der Waals surface area contributed by atoms with Crippen LogP contribution in [-0.4, -0.2) is 11.1 Å². The van der Waals surface area contributed by atoms with Crippen molar-refractivity contribution >= 4 is 15.9 Å². The lowest BCUT2D eigenvalue weighted by molar-refractivity contribution is -0.137. The van der Waals surface area contributed by atoms with Crippen LogP contribution in [-0.2, 0) is 4.79 Å². The minimum Gasteiger partial charge on any atom is -0.481 e. The van der Waals surface area contributed by atoms with Gasteiger partial charge in [-0.3, -0.25) is 4.79 Å². The predicted molar refractivity (Wildman–Crippen MR) is 79.8 cm³/mol. The van der Waals surface area contributed by atoms with E-state index in [0.29, 0.717) is 6.42 Å². The number of hydrogen-bond donors (Lipinski definition) is 1. The van der Waals surface area contributed by atoms with Crippen molar-refractivity contribution in [3.8, 4) is 0 Å². The molecule has 3 heteroatoms. The lowest BCUT2D eigenvalue weighted by Gasteiger charge is -2.05. The van der Waals surface area contributed by atoms with Gasteiger partial charge < -0.3 is 5.11 Å². The molecule has 0 heterocycles. The van der Waals surface area contributed by atoms with E-state index in [1.807, 2.05) is 0 Å². The van der Waals surface area contributed by atoms with Gasteiger partial charge in [-0.1, -0.05) is 71.1 Å². The Bertz CT molecular complexity index is 152. The highest BCUT2D eigenvalue weighted by atomic mass is 31.0. The number of hydrogen-bond acceptors (Lipinski definition) is 1. The number of carbonyl (C=O) groups is 1. The molecule has 1 rings (SSSR count). The first-order chi connectivity index (χ1) is 7.77. The molecule has 1 saturated carbocycles. The minimum absolute atomic E-state index is 0. The van der Waals surface area contributed by atoms with Crippen molar-refractivity contribution in [1.29, 1.82) is 0 Å². The molecule has 0 spiro atoms. The number of unbranched alkanes of at least 4 members (excludes halogenated alkanes) is 6. The third-order valence-corrected chi connectivity index (χ3v) is 2.99. The van der Waals surface area contributed by atoms with Gasteiger partial charge in [0.05, 0.1) is 0 Å². The highest BCUT2D eigenvalue weighted by Crippen LogP contribution is 2.15. The molecule has 0 aromatic heterocycles. The van der Waals surface area contributed by atoms with Crippen molar-refractivity contribution in [3.63, 3.8) is 0 Å². The van der Waals surface area contributed by atoms with Gasteiger partial charge in [0.2, 0.25) is 0 Å². The number of carboxylic acids is 1. The summed E-state index contributed by atoms with van der Waals surface area (Å²) in [4.78, 5) is 10.1. The highest BCUT2D eigenvalue weighted by Gasteiger charge is 1.96. The predicted octanol–water partition coefficient (Wildman–Crippen LogP) is 4.83. The van der Waals surface area contributed by atoms with E-state index < -0.39 is 5.97 Å². The molecule has 0 radical (unpaired) electrons. The van der Waals surface area contributed by atoms with Crippen molar-refractivity contribution in [1.82, 2.24) is 0 Å². The van der Waals surface area contributed by atoms with E-state index in [2.05, 4.69) is 6.92 Å². The fourth-order valence-corrected chi connectivity index (χ4v) is 1.48. The van der Waals surface area contributed by atoms with Gasteiger partial charge in [-0.2, -0.15) is 9.90 Å². The molecule has 0 aliphatic heterocycles. The minimum atomic E-state index is -0.663. The average molecular weight is 262 g/mol. The molecular formula is C14H31O2P. The van der Waals surface area contributed by atoms with Gasteiger partial charge in [-0.05, 0) is 6.42 Å². The van der Waals surface area contributed by atoms with Crippen molar-refractivity contribution in [2.24, 2.45) is 0 Å². The first-order valence-electron chi connectivity index (χ1n) is 6.99. The molecule has 0 saturated heterocycles. The Morgan fingerprint density at radius 1 is 0.882 bits per heavy atom. The molecule has 104 valence electrons. The van der Waals surface area contributed by atoms with Crippen LogP contribution in [0.1, 0.15) is 84.0 Å². The Morgan fingerprint density at radius 2 is 1.29 bits per heavy atom. The fourth-order valence-electron chi connectivity index (χ4n) is 1.48. The van der Waals surface area contributed by atoms with Crippen molar-refractivity contribution in [2.75, 3.05) is 0 Å². The first-order valence-corrected chi connectivity index (χ1v) is 6.99. The van der Waals surface area contributed by atoms with E-state index in [4.69, 9.17) is 5.11 Å². The van der Waals surface area contributed by atoms with Crippen LogP contribution in [0.2, 0.25) is 0 Å². The molecule has 1 aliphatic carbocycles. The maximum Gasteiger partial charge on any atom is 0.303 e. The molecule has 1 fully saturated rings. The first kappa shape index (κ1) is 19.2. The van der Waals surface area contributed by atoms with Gasteiger partial charge in [0.1, 0.15) is 0 Å². The van der Waals surface area contributed by atoms with Gasteiger partial charge in [0.15, 0.2) is 0 Å². The molecule has 1 aliphatic rings. The summed E-state index contributed by atoms with van der Waals surface area (Å²) in [5.41, 5.74) is 0. The zero-order valence-corrected chi connectivity index (χ0v) is 13.0. The molecule has 1 unspecified atom stereocenters. The number of rotatable bonds is 8. The quantitative estimate of drug-likeness (QED) is 0.502. The van der Waals surface area contributed by atoms with Gasteiger partial charge in [-0.15, -0.1) is 0 Å². The fraction of sp³-hybridized carbons (Fsp3) is 0.929. The zero-order chi connectivity index (χ0) is 12.1. The van der Waals surface area contributed by atoms with E-state index in [1.54, 1.807) is 0 Å². The molecular weight excluding hydrogens is 231 g/mol. The zero-order valence-electron chi connectivity index (χ0n) is 11.5. The Balaban J connectivity index is 0. The largest absolute Gasteiger partial charge is 0.481 e. The summed E-state index contributed by atoms with van der Waals surface area (Å²) in [6, 6.07) is 0. The van der Waals surface area contributed by atoms with Crippen LogP contribution in [0.5, 0.6) is 0 Å². The molecule has 0 aromatic carbocycles. The Hall–Kier alpha value is -0.100. The Labute approximate surface area is 110 Å². The van der Waals surface area contributed by atoms with Crippen molar-refractivity contribution in [2.45, 2.75) is 84.0 Å². The van der Waals surface area contributed by atoms with Crippen molar-refractivity contribution in [3.05, 3.63) is 0 Å². The van der Waals surface area contributed by atoms with E-state index in [9.17, 15) is 4.79 Å². The lowest BCUT2D eigenvalue weighted by atomic mass is 10.0. The number of carboxylic acid groups (broad SMARTS) is 1. The third kappa shape index (κ3) is 18.5. The Morgan fingerprint density at radius 3 is 1.65 bits per heavy atom. The standard InChI is InChI=1S/C10H20O2.C4H8.H3P/c1-2-3-4-5-6-7-8-9-10(11)12;1-2-4-3-1;/h2-9H2,1H3,(H,11,12);1-4H2;1H3. The van der Waals surface area contributed by atoms with E-state index >= 15 is 0 Å². The van der Waals surface area contributed by atoms with Crippen molar-refractivity contribution < 1.29 is 9.90 Å². The van der Waals surface area contributed by atoms with Gasteiger partial charge in [-0.25, -0.2) is 0 Å². The molecule has 0 amide bonds. The van der Waals surface area contributed by atoms with Crippen LogP contribution < -0.4 is 0 Å². The van der Waals surface area contributed by atoms with Crippen LogP contribution in [0, 0.1) is 0 Å². The molecule has 0 bridgehead atoms. The molecule has 1 atom stereocenters. The Kier molecular flexibility index (Phi) is 18.0. The molecule has 2 nitrogen and oxygen atoms in total. The van der Waals surface area contributed by atoms with Crippen LogP contribution in [0.4, 0.5) is 0 Å². The average Bonchev–Trinajstić information content (AvgIpc) is 2.13. The smallest absolute Gasteiger partial charge is 0.303 e. The topological polar surface area (TPSA) is 37.3 Å². The second kappa shape index (κ2) is 15.9.